The van der Waals surface area contributed by atoms with Gasteiger partial charge in [0.1, 0.15) is 16.7 Å². The lowest BCUT2D eigenvalue weighted by Gasteiger charge is -2.23. The molecule has 1 unspecified atom stereocenters. The van der Waals surface area contributed by atoms with Gasteiger partial charge < -0.3 is 10.1 Å². The first-order chi connectivity index (χ1) is 9.12. The minimum absolute atomic E-state index is 0.0325. The minimum Gasteiger partial charge on any atom is -0.378 e. The maximum atomic E-state index is 12.0. The third kappa shape index (κ3) is 3.71. The summed E-state index contributed by atoms with van der Waals surface area (Å²) < 4.78 is 31.7. The number of sulfonamides is 1. The van der Waals surface area contributed by atoms with Gasteiger partial charge in [-0.15, -0.1) is 0 Å². The van der Waals surface area contributed by atoms with Crippen LogP contribution in [0.5, 0.6) is 0 Å². The third-order valence-corrected chi connectivity index (χ3v) is 4.09. The second kappa shape index (κ2) is 6.08. The first-order valence-corrected chi connectivity index (χ1v) is 7.27. The van der Waals surface area contributed by atoms with E-state index in [0.717, 1.165) is 0 Å². The monoisotopic (exact) mass is 282 g/mol. The van der Waals surface area contributed by atoms with Crippen molar-refractivity contribution >= 4 is 10.0 Å². The van der Waals surface area contributed by atoms with Gasteiger partial charge in [-0.05, 0) is 12.1 Å². The average Bonchev–Trinajstić information content (AvgIpc) is 2.46. The highest BCUT2D eigenvalue weighted by Gasteiger charge is 2.18. The van der Waals surface area contributed by atoms with Crippen molar-refractivity contribution < 1.29 is 13.2 Å². The normalized spacial score (nSPS) is 19.8. The van der Waals surface area contributed by atoms with Crippen molar-refractivity contribution in [2.75, 3.05) is 26.3 Å². The van der Waals surface area contributed by atoms with Crippen molar-refractivity contribution in [3.05, 3.63) is 24.0 Å². The molecule has 0 saturated carbocycles. The summed E-state index contributed by atoms with van der Waals surface area (Å²) in [7, 11) is -3.60. The Balaban J connectivity index is 1.99. The predicted octanol–water partition coefficient (Wildman–Crippen LogP) is -0.780. The molecule has 1 atom stereocenters. The van der Waals surface area contributed by atoms with Crippen LogP contribution in [0.15, 0.2) is 23.2 Å². The maximum Gasteiger partial charge on any atom is 0.242 e. The molecule has 0 spiro atoms. The lowest BCUT2D eigenvalue weighted by Crippen LogP contribution is -2.48. The fourth-order valence-electron chi connectivity index (χ4n) is 1.65. The number of morpholine rings is 1. The van der Waals surface area contributed by atoms with Crippen LogP contribution in [0.4, 0.5) is 0 Å². The summed E-state index contributed by atoms with van der Waals surface area (Å²) in [5.41, 5.74) is 0.182. The Hall–Kier alpha value is -1.53. The van der Waals surface area contributed by atoms with Gasteiger partial charge in [0.05, 0.1) is 13.2 Å². The number of nitriles is 1. The lowest BCUT2D eigenvalue weighted by atomic mass is 10.3. The minimum atomic E-state index is -3.60. The summed E-state index contributed by atoms with van der Waals surface area (Å²) in [6.07, 6.45) is 1.17. The van der Waals surface area contributed by atoms with Crippen LogP contribution >= 0.6 is 0 Å². The van der Waals surface area contributed by atoms with Gasteiger partial charge in [-0.25, -0.2) is 18.1 Å². The van der Waals surface area contributed by atoms with E-state index in [4.69, 9.17) is 10.00 Å². The van der Waals surface area contributed by atoms with Crippen LogP contribution in [0.3, 0.4) is 0 Å². The standard InChI is InChI=1S/C11H14N4O3S/c12-5-9-1-2-11(7-14-9)19(16,17)15-6-10-8-18-4-3-13-10/h1-2,7,10,13,15H,3-4,6,8H2. The number of hydrogen-bond acceptors (Lipinski definition) is 6. The predicted molar refractivity (Wildman–Crippen MR) is 66.8 cm³/mol. The molecule has 1 saturated heterocycles. The Morgan fingerprint density at radius 1 is 1.58 bits per heavy atom. The first-order valence-electron chi connectivity index (χ1n) is 5.79. The number of rotatable bonds is 4. The first kappa shape index (κ1) is 13.9. The molecule has 1 aliphatic heterocycles. The Morgan fingerprint density at radius 2 is 2.42 bits per heavy atom. The molecule has 0 radical (unpaired) electrons. The highest BCUT2D eigenvalue weighted by Crippen LogP contribution is 2.07. The topological polar surface area (TPSA) is 104 Å². The van der Waals surface area contributed by atoms with Gasteiger partial charge in [0.25, 0.3) is 0 Å². The van der Waals surface area contributed by atoms with Crippen molar-refractivity contribution in [3.8, 4) is 6.07 Å². The fourth-order valence-corrected chi connectivity index (χ4v) is 2.68. The van der Waals surface area contributed by atoms with E-state index in [0.29, 0.717) is 19.8 Å². The fraction of sp³-hybridized carbons (Fsp3) is 0.455. The number of hydrogen-bond donors (Lipinski definition) is 2. The van der Waals surface area contributed by atoms with E-state index in [-0.39, 0.29) is 23.2 Å². The molecule has 0 aromatic carbocycles. The Labute approximate surface area is 111 Å². The Morgan fingerprint density at radius 3 is 3.00 bits per heavy atom. The number of ether oxygens (including phenoxy) is 1. The summed E-state index contributed by atoms with van der Waals surface area (Å²) in [4.78, 5) is 3.78. The van der Waals surface area contributed by atoms with Gasteiger partial charge in [-0.1, -0.05) is 0 Å². The van der Waals surface area contributed by atoms with Crippen LogP contribution in [0, 0.1) is 11.3 Å². The number of pyridine rings is 1. The summed E-state index contributed by atoms with van der Waals surface area (Å²) >= 11 is 0. The molecule has 2 N–H and O–H groups in total. The smallest absolute Gasteiger partial charge is 0.242 e. The molecule has 19 heavy (non-hydrogen) atoms. The number of nitrogens with one attached hydrogen (secondary N) is 2. The lowest BCUT2D eigenvalue weighted by molar-refractivity contribution is 0.0784. The van der Waals surface area contributed by atoms with Gasteiger partial charge in [0.2, 0.25) is 10.0 Å². The second-order valence-corrected chi connectivity index (χ2v) is 5.84. The molecule has 1 aliphatic rings. The molecular formula is C11H14N4O3S. The molecule has 102 valence electrons. The average molecular weight is 282 g/mol. The molecular weight excluding hydrogens is 268 g/mol. The van der Waals surface area contributed by atoms with E-state index in [1.165, 1.54) is 18.3 Å². The van der Waals surface area contributed by atoms with Crippen LogP contribution < -0.4 is 10.0 Å². The highest BCUT2D eigenvalue weighted by atomic mass is 32.2. The summed E-state index contributed by atoms with van der Waals surface area (Å²) in [6.45, 7) is 2.09. The molecule has 1 aromatic heterocycles. The van der Waals surface area contributed by atoms with E-state index in [9.17, 15) is 8.42 Å². The van der Waals surface area contributed by atoms with Crippen LogP contribution in [0.1, 0.15) is 5.69 Å². The van der Waals surface area contributed by atoms with Gasteiger partial charge in [0, 0.05) is 25.3 Å². The summed E-state index contributed by atoms with van der Waals surface area (Å²) in [6, 6.07) is 4.54. The zero-order valence-corrected chi connectivity index (χ0v) is 11.0. The maximum absolute atomic E-state index is 12.0. The Kier molecular flexibility index (Phi) is 4.44. The van der Waals surface area contributed by atoms with Crippen molar-refractivity contribution in [1.29, 1.82) is 5.26 Å². The third-order valence-electron chi connectivity index (χ3n) is 2.68. The van der Waals surface area contributed by atoms with Crippen molar-refractivity contribution in [3.63, 3.8) is 0 Å². The molecule has 1 fully saturated rings. The second-order valence-electron chi connectivity index (χ2n) is 4.07. The molecule has 0 bridgehead atoms. The molecule has 1 aromatic rings. The van der Waals surface area contributed by atoms with E-state index in [1.54, 1.807) is 0 Å². The van der Waals surface area contributed by atoms with E-state index < -0.39 is 10.0 Å². The highest BCUT2D eigenvalue weighted by molar-refractivity contribution is 7.89. The summed E-state index contributed by atoms with van der Waals surface area (Å²) in [5.74, 6) is 0. The molecule has 0 amide bonds. The zero-order valence-electron chi connectivity index (χ0n) is 10.2. The van der Waals surface area contributed by atoms with Crippen molar-refractivity contribution in [2.45, 2.75) is 10.9 Å². The van der Waals surface area contributed by atoms with Crippen LogP contribution in [-0.4, -0.2) is 45.7 Å². The summed E-state index contributed by atoms with van der Waals surface area (Å²) in [5, 5.41) is 11.8. The molecule has 2 rings (SSSR count). The van der Waals surface area contributed by atoms with Gasteiger partial charge >= 0.3 is 0 Å². The molecule has 0 aliphatic carbocycles. The largest absolute Gasteiger partial charge is 0.378 e. The Bertz CT molecular complexity index is 559. The number of aromatic nitrogens is 1. The van der Waals surface area contributed by atoms with Gasteiger partial charge in [-0.2, -0.15) is 5.26 Å². The van der Waals surface area contributed by atoms with Crippen molar-refractivity contribution in [2.24, 2.45) is 0 Å². The van der Waals surface area contributed by atoms with Gasteiger partial charge in [0.15, 0.2) is 0 Å². The van der Waals surface area contributed by atoms with E-state index in [2.05, 4.69) is 15.0 Å². The molecule has 7 nitrogen and oxygen atoms in total. The quantitative estimate of drug-likeness (QED) is 0.750. The SMILES string of the molecule is N#Cc1ccc(S(=O)(=O)NCC2COCCN2)cn1. The zero-order chi connectivity index (χ0) is 13.7. The molecule has 8 heteroatoms. The van der Waals surface area contributed by atoms with Crippen LogP contribution in [0.25, 0.3) is 0 Å². The van der Waals surface area contributed by atoms with Gasteiger partial charge in [-0.3, -0.25) is 0 Å². The van der Waals surface area contributed by atoms with Crippen molar-refractivity contribution in [1.82, 2.24) is 15.0 Å². The van der Waals surface area contributed by atoms with Crippen LogP contribution in [0.2, 0.25) is 0 Å². The number of nitrogens with zero attached hydrogens (tertiary/aromatic N) is 2. The van der Waals surface area contributed by atoms with E-state index in [1.807, 2.05) is 6.07 Å². The molecule has 2 heterocycles. The van der Waals surface area contributed by atoms with E-state index >= 15 is 0 Å². The van der Waals surface area contributed by atoms with Crippen LogP contribution in [-0.2, 0) is 14.8 Å².